The molecule has 10 heteroatoms. The summed E-state index contributed by atoms with van der Waals surface area (Å²) in [7, 11) is -7.75. The molecule has 1 aliphatic heterocycles. The van der Waals surface area contributed by atoms with Crippen molar-refractivity contribution in [3.8, 4) is 0 Å². The van der Waals surface area contributed by atoms with Gasteiger partial charge in [-0.2, -0.15) is 17.9 Å². The number of halogens is 3. The Bertz CT molecular complexity index is 921. The fraction of sp³-hybridized carbons (Fsp3) is 0.600. The van der Waals surface area contributed by atoms with Gasteiger partial charge in [-0.05, 0) is 41.0 Å². The number of fused-ring (bicyclic) bond motifs is 1. The average Bonchev–Trinajstić information content (AvgIpc) is 2.91. The first-order valence-electron chi connectivity index (χ1n) is 7.63. The van der Waals surface area contributed by atoms with Gasteiger partial charge in [0.2, 0.25) is 10.0 Å². The Morgan fingerprint density at radius 1 is 1.20 bits per heavy atom. The van der Waals surface area contributed by atoms with E-state index in [2.05, 4.69) is 0 Å². The van der Waals surface area contributed by atoms with Gasteiger partial charge in [-0.25, -0.2) is 16.8 Å². The molecule has 0 amide bonds. The van der Waals surface area contributed by atoms with E-state index in [1.54, 1.807) is 18.6 Å². The molecule has 0 saturated heterocycles. The molecule has 1 aromatic rings. The van der Waals surface area contributed by atoms with E-state index in [9.17, 15) is 30.0 Å². The Labute approximate surface area is 144 Å². The Kier molecular flexibility index (Phi) is 4.05. The molecule has 5 nitrogen and oxygen atoms in total. The second-order valence-electron chi connectivity index (χ2n) is 7.40. The summed E-state index contributed by atoms with van der Waals surface area (Å²) in [6.07, 6.45) is -4.42. The summed E-state index contributed by atoms with van der Waals surface area (Å²) in [4.78, 5) is -0.351. The number of benzene rings is 1. The van der Waals surface area contributed by atoms with Crippen LogP contribution in [0.15, 0.2) is 23.1 Å². The van der Waals surface area contributed by atoms with Crippen LogP contribution in [0.25, 0.3) is 0 Å². The zero-order valence-corrected chi connectivity index (χ0v) is 15.2. The highest BCUT2D eigenvalue weighted by atomic mass is 32.2. The monoisotopic (exact) mass is 397 g/mol. The topological polar surface area (TPSA) is 80.3 Å². The number of rotatable bonds is 4. The highest BCUT2D eigenvalue weighted by molar-refractivity contribution is 7.90. The van der Waals surface area contributed by atoms with Gasteiger partial charge >= 0.3 is 6.18 Å². The molecule has 1 heterocycles. The summed E-state index contributed by atoms with van der Waals surface area (Å²) in [6.45, 7) is 3.32. The second kappa shape index (κ2) is 5.43. The summed E-state index contributed by atoms with van der Waals surface area (Å²) >= 11 is 0. The van der Waals surface area contributed by atoms with Gasteiger partial charge in [-0.3, -0.25) is 0 Å². The second-order valence-corrected chi connectivity index (χ2v) is 11.2. The zero-order chi connectivity index (χ0) is 18.8. The lowest BCUT2D eigenvalue weighted by atomic mass is 10.0. The molecule has 2 unspecified atom stereocenters. The normalized spacial score (nSPS) is 25.4. The highest BCUT2D eigenvalue weighted by Gasteiger charge is 2.59. The minimum Gasteiger partial charge on any atom is -0.228 e. The molecule has 0 aromatic heterocycles. The van der Waals surface area contributed by atoms with Crippen LogP contribution in [0.1, 0.15) is 31.4 Å². The third-order valence-electron chi connectivity index (χ3n) is 4.87. The lowest BCUT2D eigenvalue weighted by Crippen LogP contribution is -2.47. The fourth-order valence-corrected chi connectivity index (χ4v) is 6.17. The minimum absolute atomic E-state index is 0.183. The molecule has 25 heavy (non-hydrogen) atoms. The van der Waals surface area contributed by atoms with Crippen molar-refractivity contribution in [2.24, 2.45) is 11.3 Å². The van der Waals surface area contributed by atoms with E-state index in [1.807, 2.05) is 0 Å². The molecule has 1 fully saturated rings. The molecule has 2 aliphatic rings. The summed E-state index contributed by atoms with van der Waals surface area (Å²) in [5.41, 5.74) is 0.224. The molecule has 1 aliphatic carbocycles. The van der Waals surface area contributed by atoms with Crippen molar-refractivity contribution < 1.29 is 30.0 Å². The number of sulfonamides is 1. The van der Waals surface area contributed by atoms with Gasteiger partial charge in [0.05, 0.1) is 16.4 Å². The van der Waals surface area contributed by atoms with Crippen LogP contribution in [0.2, 0.25) is 0 Å². The quantitative estimate of drug-likeness (QED) is 0.846. The summed E-state index contributed by atoms with van der Waals surface area (Å²) in [6, 6.07) is 1.48. The van der Waals surface area contributed by atoms with Crippen molar-refractivity contribution in [2.75, 3.05) is 0 Å². The van der Waals surface area contributed by atoms with E-state index in [-0.39, 0.29) is 22.8 Å². The fourth-order valence-electron chi connectivity index (χ4n) is 3.26. The molecule has 0 radical (unpaired) electrons. The van der Waals surface area contributed by atoms with E-state index in [0.717, 1.165) is 12.1 Å². The smallest absolute Gasteiger partial charge is 0.228 e. The Hall–Kier alpha value is -1.13. The first kappa shape index (κ1) is 18.7. The van der Waals surface area contributed by atoms with Gasteiger partial charge in [-0.1, -0.05) is 19.9 Å². The van der Waals surface area contributed by atoms with Crippen LogP contribution in [0.5, 0.6) is 0 Å². The molecule has 1 N–H and O–H groups in total. The van der Waals surface area contributed by atoms with Crippen molar-refractivity contribution in [1.82, 2.24) is 4.72 Å². The number of hydrogen-bond acceptors (Lipinski definition) is 4. The minimum atomic E-state index is -4.70. The van der Waals surface area contributed by atoms with Crippen LogP contribution in [-0.4, -0.2) is 29.1 Å². The van der Waals surface area contributed by atoms with Crippen molar-refractivity contribution in [1.29, 1.82) is 0 Å². The van der Waals surface area contributed by atoms with E-state index in [4.69, 9.17) is 0 Å². The van der Waals surface area contributed by atoms with Crippen LogP contribution in [0.4, 0.5) is 13.2 Å². The van der Waals surface area contributed by atoms with Crippen molar-refractivity contribution in [2.45, 2.75) is 48.9 Å². The van der Waals surface area contributed by atoms with Gasteiger partial charge in [0.1, 0.15) is 6.04 Å². The van der Waals surface area contributed by atoms with Crippen LogP contribution >= 0.6 is 0 Å². The molecule has 140 valence electrons. The average molecular weight is 397 g/mol. The van der Waals surface area contributed by atoms with E-state index >= 15 is 0 Å². The number of nitrogens with one attached hydrogen (secondary N) is 1. The Morgan fingerprint density at radius 2 is 1.76 bits per heavy atom. The van der Waals surface area contributed by atoms with Gasteiger partial charge in [0.15, 0.2) is 9.84 Å². The Morgan fingerprint density at radius 3 is 2.28 bits per heavy atom. The van der Waals surface area contributed by atoms with Crippen LogP contribution in [0.3, 0.4) is 0 Å². The maximum absolute atomic E-state index is 13.3. The molecule has 3 rings (SSSR count). The van der Waals surface area contributed by atoms with Crippen LogP contribution in [0, 0.1) is 11.3 Å². The van der Waals surface area contributed by atoms with Crippen LogP contribution in [-0.2, 0) is 31.4 Å². The van der Waals surface area contributed by atoms with Gasteiger partial charge in [0.25, 0.3) is 0 Å². The lowest BCUT2D eigenvalue weighted by molar-refractivity contribution is -0.157. The standard InChI is InChI=1S/C15H18F3NO4S2/c1-14(2)6-12(14)13(15(16,17)18)19-25(22,23)11-4-3-9-7-24(20,21)8-10(9)5-11/h3-5,12-13,19H,6-8H2,1-2H3. The zero-order valence-electron chi connectivity index (χ0n) is 13.6. The van der Waals surface area contributed by atoms with E-state index in [0.29, 0.717) is 11.1 Å². The maximum Gasteiger partial charge on any atom is 0.405 e. The summed E-state index contributed by atoms with van der Waals surface area (Å²) < 4.78 is 89.8. The van der Waals surface area contributed by atoms with E-state index < -0.39 is 43.4 Å². The largest absolute Gasteiger partial charge is 0.405 e. The SMILES string of the molecule is CC1(C)CC1C(NS(=O)(=O)c1ccc2c(c1)CS(=O)(=O)C2)C(F)(F)F. The predicted molar refractivity (Wildman–Crippen MR) is 84.8 cm³/mol. The third kappa shape index (κ3) is 3.70. The third-order valence-corrected chi connectivity index (χ3v) is 7.81. The predicted octanol–water partition coefficient (Wildman–Crippen LogP) is 2.37. The first-order chi connectivity index (χ1) is 11.2. The molecular formula is C15H18F3NO4S2. The first-order valence-corrected chi connectivity index (χ1v) is 10.9. The van der Waals surface area contributed by atoms with Gasteiger partial charge in [0, 0.05) is 0 Å². The van der Waals surface area contributed by atoms with Crippen molar-refractivity contribution >= 4 is 19.9 Å². The molecule has 0 bridgehead atoms. The van der Waals surface area contributed by atoms with Crippen molar-refractivity contribution in [3.05, 3.63) is 29.3 Å². The van der Waals surface area contributed by atoms with Crippen LogP contribution < -0.4 is 4.72 Å². The molecule has 0 spiro atoms. The molecule has 1 saturated carbocycles. The lowest BCUT2D eigenvalue weighted by Gasteiger charge is -2.23. The molecule has 2 atom stereocenters. The summed E-state index contributed by atoms with van der Waals surface area (Å²) in [5.74, 6) is -1.31. The Balaban J connectivity index is 1.90. The van der Waals surface area contributed by atoms with Crippen molar-refractivity contribution in [3.63, 3.8) is 0 Å². The highest BCUT2D eigenvalue weighted by Crippen LogP contribution is 2.56. The van der Waals surface area contributed by atoms with Gasteiger partial charge < -0.3 is 0 Å². The van der Waals surface area contributed by atoms with E-state index in [1.165, 1.54) is 6.07 Å². The number of alkyl halides is 3. The maximum atomic E-state index is 13.3. The number of sulfone groups is 1. The molecule has 1 aromatic carbocycles. The summed E-state index contributed by atoms with van der Waals surface area (Å²) in [5, 5.41) is 0. The van der Waals surface area contributed by atoms with Gasteiger partial charge in [-0.15, -0.1) is 0 Å². The molecular weight excluding hydrogens is 379 g/mol. The number of hydrogen-bond donors (Lipinski definition) is 1.